The van der Waals surface area contributed by atoms with Crippen molar-refractivity contribution in [3.05, 3.63) is 89.7 Å². The largest absolute Gasteiger partial charge is 0.487 e. The van der Waals surface area contributed by atoms with E-state index in [0.717, 1.165) is 17.0 Å². The van der Waals surface area contributed by atoms with Gasteiger partial charge in [-0.25, -0.2) is 0 Å². The predicted molar refractivity (Wildman–Crippen MR) is 118 cm³/mol. The lowest BCUT2D eigenvalue weighted by Gasteiger charge is -2.34. The predicted octanol–water partition coefficient (Wildman–Crippen LogP) is 5.22. The lowest BCUT2D eigenvalue weighted by molar-refractivity contribution is 0.283. The maximum atomic E-state index is 5.90. The Labute approximate surface area is 181 Å². The molecule has 0 radical (unpaired) electrons. The van der Waals surface area contributed by atoms with Crippen LogP contribution in [-0.2, 0) is 6.61 Å². The summed E-state index contributed by atoms with van der Waals surface area (Å²) in [6.07, 6.45) is 5.59. The Bertz CT molecular complexity index is 1120. The van der Waals surface area contributed by atoms with Gasteiger partial charge in [0.1, 0.15) is 12.4 Å². The highest BCUT2D eigenvalue weighted by molar-refractivity contribution is 5.54. The molecule has 2 aromatic carbocycles. The van der Waals surface area contributed by atoms with E-state index in [1.54, 1.807) is 6.20 Å². The average Bonchev–Trinajstić information content (AvgIpc) is 3.22. The van der Waals surface area contributed by atoms with Gasteiger partial charge in [-0.3, -0.25) is 4.98 Å². The first-order chi connectivity index (χ1) is 15.3. The smallest absolute Gasteiger partial charge is 0.313 e. The fourth-order valence-corrected chi connectivity index (χ4v) is 4.11. The van der Waals surface area contributed by atoms with E-state index in [1.807, 2.05) is 30.3 Å². The number of benzene rings is 2. The van der Waals surface area contributed by atoms with E-state index >= 15 is 0 Å². The highest BCUT2D eigenvalue weighted by Gasteiger charge is 2.30. The summed E-state index contributed by atoms with van der Waals surface area (Å²) in [6.45, 7) is 0.466. The Balaban J connectivity index is 1.34. The third-order valence-electron chi connectivity index (χ3n) is 5.93. The molecule has 0 bridgehead atoms. The van der Waals surface area contributed by atoms with Gasteiger partial charge in [0.05, 0.1) is 5.69 Å². The van der Waals surface area contributed by atoms with Crippen LogP contribution >= 0.6 is 0 Å². The van der Waals surface area contributed by atoms with Crippen LogP contribution in [0.4, 0.5) is 6.01 Å². The lowest BCUT2D eigenvalue weighted by Crippen LogP contribution is -2.21. The van der Waals surface area contributed by atoms with Gasteiger partial charge in [0.15, 0.2) is 0 Å². The first-order valence-corrected chi connectivity index (χ1v) is 10.6. The molecule has 0 spiro atoms. The van der Waals surface area contributed by atoms with E-state index in [1.165, 1.54) is 30.4 Å². The summed E-state index contributed by atoms with van der Waals surface area (Å²) in [4.78, 5) is 4.30. The molecule has 156 valence electrons. The van der Waals surface area contributed by atoms with Gasteiger partial charge >= 0.3 is 6.01 Å². The van der Waals surface area contributed by atoms with Crippen molar-refractivity contribution in [3.63, 3.8) is 0 Å². The average molecular weight is 412 g/mol. The van der Waals surface area contributed by atoms with Crippen molar-refractivity contribution in [1.82, 2.24) is 15.2 Å². The molecule has 1 unspecified atom stereocenters. The molecule has 6 heteroatoms. The third-order valence-corrected chi connectivity index (χ3v) is 5.93. The van der Waals surface area contributed by atoms with Crippen LogP contribution in [0.2, 0.25) is 0 Å². The molecule has 5 rings (SSSR count). The van der Waals surface area contributed by atoms with Crippen LogP contribution in [0, 0.1) is 5.92 Å². The van der Waals surface area contributed by atoms with Gasteiger partial charge in [-0.05, 0) is 66.3 Å². The molecule has 2 aromatic heterocycles. The Morgan fingerprint density at radius 3 is 2.26 bits per heavy atom. The minimum atomic E-state index is 0.0803. The number of ether oxygens (including phenoxy) is 1. The van der Waals surface area contributed by atoms with E-state index < -0.39 is 0 Å². The number of hydrogen-bond acceptors (Lipinski definition) is 6. The normalized spacial score (nSPS) is 14.7. The van der Waals surface area contributed by atoms with Gasteiger partial charge < -0.3 is 14.9 Å². The Kier molecular flexibility index (Phi) is 5.35. The molecule has 6 nitrogen and oxygen atoms in total. The maximum absolute atomic E-state index is 5.90. The zero-order valence-electron chi connectivity index (χ0n) is 17.1. The fraction of sp³-hybridized carbons (Fsp3) is 0.240. The third kappa shape index (κ3) is 4.28. The molecule has 0 saturated heterocycles. The number of pyridine rings is 1. The molecule has 2 N–H and O–H groups in total. The number of nitrogen functional groups attached to an aromatic ring is 1. The summed E-state index contributed by atoms with van der Waals surface area (Å²) in [5.41, 5.74) is 9.94. The Morgan fingerprint density at radius 2 is 1.68 bits per heavy atom. The van der Waals surface area contributed by atoms with Crippen molar-refractivity contribution in [2.45, 2.75) is 31.8 Å². The van der Waals surface area contributed by atoms with Crippen LogP contribution in [0.25, 0.3) is 11.5 Å². The van der Waals surface area contributed by atoms with E-state index in [9.17, 15) is 0 Å². The van der Waals surface area contributed by atoms with Crippen molar-refractivity contribution in [3.8, 4) is 17.2 Å². The van der Waals surface area contributed by atoms with Crippen LogP contribution in [0.1, 0.15) is 42.0 Å². The maximum Gasteiger partial charge on any atom is 0.313 e. The van der Waals surface area contributed by atoms with E-state index in [4.69, 9.17) is 14.9 Å². The molecule has 1 aliphatic rings. The van der Waals surface area contributed by atoms with Crippen LogP contribution in [0.15, 0.2) is 77.3 Å². The van der Waals surface area contributed by atoms with Gasteiger partial charge in [-0.2, -0.15) is 0 Å². The second-order valence-electron chi connectivity index (χ2n) is 7.91. The lowest BCUT2D eigenvalue weighted by atomic mass is 9.70. The molecular formula is C25H24N4O2. The number of rotatable bonds is 7. The topological polar surface area (TPSA) is 87.1 Å². The Hall–Kier alpha value is -3.67. The molecule has 4 aromatic rings. The zero-order chi connectivity index (χ0) is 21.0. The van der Waals surface area contributed by atoms with Gasteiger partial charge in [0, 0.05) is 17.7 Å². The van der Waals surface area contributed by atoms with Gasteiger partial charge in [0.25, 0.3) is 0 Å². The quantitative estimate of drug-likeness (QED) is 0.447. The summed E-state index contributed by atoms with van der Waals surface area (Å²) >= 11 is 0. The number of nitrogens with two attached hydrogens (primary N) is 1. The number of aromatic nitrogens is 3. The minimum absolute atomic E-state index is 0.0803. The van der Waals surface area contributed by atoms with Crippen molar-refractivity contribution < 1.29 is 9.15 Å². The monoisotopic (exact) mass is 412 g/mol. The van der Waals surface area contributed by atoms with Crippen LogP contribution in [-0.4, -0.2) is 15.2 Å². The molecule has 1 aliphatic carbocycles. The van der Waals surface area contributed by atoms with E-state index in [0.29, 0.717) is 24.3 Å². The van der Waals surface area contributed by atoms with E-state index in [2.05, 4.69) is 51.6 Å². The highest BCUT2D eigenvalue weighted by atomic mass is 16.5. The molecule has 31 heavy (non-hydrogen) atoms. The van der Waals surface area contributed by atoms with Crippen LogP contribution in [0.3, 0.4) is 0 Å². The summed E-state index contributed by atoms with van der Waals surface area (Å²) in [5, 5.41) is 7.71. The van der Waals surface area contributed by atoms with Crippen molar-refractivity contribution >= 4 is 6.01 Å². The first kappa shape index (κ1) is 19.3. The number of nitrogens with zero attached hydrogens (tertiary/aromatic N) is 3. The summed E-state index contributed by atoms with van der Waals surface area (Å²) < 4.78 is 11.2. The standard InChI is InChI=1S/C25H24N4O2/c26-25-29-28-24(31-25)20-9-7-18(8-10-20)23(17-4-3-5-17)19-11-13-22(14-12-19)30-16-21-6-1-2-15-27-21/h1-2,6-15,17,23H,3-5,16H2,(H2,26,29). The van der Waals surface area contributed by atoms with Crippen LogP contribution in [0.5, 0.6) is 5.75 Å². The first-order valence-electron chi connectivity index (χ1n) is 10.6. The summed E-state index contributed by atoms with van der Waals surface area (Å²) in [7, 11) is 0. The number of anilines is 1. The van der Waals surface area contributed by atoms with Crippen molar-refractivity contribution in [1.29, 1.82) is 0 Å². The second-order valence-corrected chi connectivity index (χ2v) is 7.91. The SMILES string of the molecule is Nc1nnc(-c2ccc(C(c3ccc(OCc4ccccn4)cc3)C3CCC3)cc2)o1. The second kappa shape index (κ2) is 8.60. The summed E-state index contributed by atoms with van der Waals surface area (Å²) in [5.74, 6) is 2.32. The van der Waals surface area contributed by atoms with Gasteiger partial charge in [0.2, 0.25) is 5.89 Å². The van der Waals surface area contributed by atoms with Crippen molar-refractivity contribution in [2.75, 3.05) is 5.73 Å². The molecule has 0 aliphatic heterocycles. The molecule has 1 atom stereocenters. The minimum Gasteiger partial charge on any atom is -0.487 e. The molecule has 0 amide bonds. The Morgan fingerprint density at radius 1 is 0.935 bits per heavy atom. The van der Waals surface area contributed by atoms with Gasteiger partial charge in [-0.1, -0.05) is 41.9 Å². The molecule has 1 saturated carbocycles. The fourth-order valence-electron chi connectivity index (χ4n) is 4.11. The van der Waals surface area contributed by atoms with Crippen molar-refractivity contribution in [2.24, 2.45) is 5.92 Å². The summed E-state index contributed by atoms with van der Waals surface area (Å²) in [6, 6.07) is 22.8. The van der Waals surface area contributed by atoms with Crippen LogP contribution < -0.4 is 10.5 Å². The van der Waals surface area contributed by atoms with Gasteiger partial charge in [-0.15, -0.1) is 5.10 Å². The molecule has 2 heterocycles. The molecular weight excluding hydrogens is 388 g/mol. The highest BCUT2D eigenvalue weighted by Crippen LogP contribution is 2.43. The molecule has 1 fully saturated rings. The zero-order valence-corrected chi connectivity index (χ0v) is 17.1. The van der Waals surface area contributed by atoms with E-state index in [-0.39, 0.29) is 6.01 Å². The number of hydrogen-bond donors (Lipinski definition) is 1.